The minimum atomic E-state index is -0.407. The van der Waals surface area contributed by atoms with Gasteiger partial charge in [-0.2, -0.15) is 0 Å². The average Bonchev–Trinajstić information content (AvgIpc) is 2.75. The van der Waals surface area contributed by atoms with Gasteiger partial charge in [0.2, 0.25) is 0 Å². The van der Waals surface area contributed by atoms with Crippen LogP contribution in [0.25, 0.3) is 0 Å². The summed E-state index contributed by atoms with van der Waals surface area (Å²) in [5, 5.41) is 10.9. The van der Waals surface area contributed by atoms with Crippen LogP contribution in [0.5, 0.6) is 0 Å². The van der Waals surface area contributed by atoms with Crippen molar-refractivity contribution in [2.45, 2.75) is 64.9 Å². The van der Waals surface area contributed by atoms with Gasteiger partial charge in [-0.05, 0) is 48.9 Å². The molecule has 3 nitrogen and oxygen atoms in total. The van der Waals surface area contributed by atoms with E-state index in [-0.39, 0.29) is 16.7 Å². The van der Waals surface area contributed by atoms with Gasteiger partial charge in [0.15, 0.2) is 0 Å². The Morgan fingerprint density at radius 1 is 1.18 bits per heavy atom. The van der Waals surface area contributed by atoms with E-state index < -0.39 is 6.10 Å². The molecule has 0 amide bonds. The number of ketones is 2. The van der Waals surface area contributed by atoms with E-state index in [0.717, 1.165) is 19.3 Å². The molecular weight excluding hydrogens is 276 g/mol. The Bertz CT molecular complexity index is 577. The van der Waals surface area contributed by atoms with Gasteiger partial charge in [-0.25, -0.2) is 0 Å². The van der Waals surface area contributed by atoms with E-state index in [1.807, 2.05) is 0 Å². The zero-order chi connectivity index (χ0) is 15.7. The highest BCUT2D eigenvalue weighted by Crippen LogP contribution is 2.63. The lowest BCUT2D eigenvalue weighted by Crippen LogP contribution is -2.56. The minimum Gasteiger partial charge on any atom is -0.393 e. The van der Waals surface area contributed by atoms with Gasteiger partial charge in [-0.15, -0.1) is 0 Å². The molecule has 4 aliphatic carbocycles. The number of Topliss-reactive ketones (excluding diaryl/α,β-unsaturated/α-hetero) is 2. The lowest BCUT2D eigenvalue weighted by Gasteiger charge is -2.57. The van der Waals surface area contributed by atoms with E-state index in [2.05, 4.69) is 19.9 Å². The lowest BCUT2D eigenvalue weighted by atomic mass is 9.47. The number of rotatable bonds is 0. The summed E-state index contributed by atoms with van der Waals surface area (Å²) in [6, 6.07) is 0. The van der Waals surface area contributed by atoms with Crippen LogP contribution in [-0.4, -0.2) is 22.8 Å². The number of fused-ring (bicyclic) bond motifs is 5. The normalized spacial score (nSPS) is 51.0. The fraction of sp³-hybridized carbons (Fsp3) is 0.789. The van der Waals surface area contributed by atoms with Gasteiger partial charge in [0.05, 0.1) is 6.10 Å². The summed E-state index contributed by atoms with van der Waals surface area (Å²) < 4.78 is 0. The monoisotopic (exact) mass is 302 g/mol. The van der Waals surface area contributed by atoms with E-state index >= 15 is 0 Å². The number of aliphatic hydroxyl groups is 1. The average molecular weight is 302 g/mol. The molecule has 22 heavy (non-hydrogen) atoms. The quantitative estimate of drug-likeness (QED) is 0.700. The van der Waals surface area contributed by atoms with Crippen LogP contribution in [0.15, 0.2) is 11.6 Å². The fourth-order valence-electron chi connectivity index (χ4n) is 6.38. The third kappa shape index (κ3) is 1.72. The number of hydrogen-bond acceptors (Lipinski definition) is 3. The van der Waals surface area contributed by atoms with Crippen molar-refractivity contribution < 1.29 is 14.7 Å². The highest BCUT2D eigenvalue weighted by Gasteiger charge is 2.61. The minimum absolute atomic E-state index is 0.0385. The molecule has 6 atom stereocenters. The molecule has 0 spiro atoms. The summed E-state index contributed by atoms with van der Waals surface area (Å²) in [7, 11) is 0. The topological polar surface area (TPSA) is 54.4 Å². The summed E-state index contributed by atoms with van der Waals surface area (Å²) in [4.78, 5) is 24.2. The van der Waals surface area contributed by atoms with Gasteiger partial charge in [0.25, 0.3) is 0 Å². The first kappa shape index (κ1) is 14.6. The Labute approximate surface area is 132 Å². The molecule has 3 fully saturated rings. The Morgan fingerprint density at radius 3 is 2.73 bits per heavy atom. The van der Waals surface area contributed by atoms with Crippen LogP contribution in [0.4, 0.5) is 0 Å². The molecule has 0 aromatic heterocycles. The Morgan fingerprint density at radius 2 is 1.95 bits per heavy atom. The van der Waals surface area contributed by atoms with Gasteiger partial charge >= 0.3 is 0 Å². The molecule has 0 aromatic rings. The van der Waals surface area contributed by atoms with Gasteiger partial charge in [-0.1, -0.05) is 25.5 Å². The summed E-state index contributed by atoms with van der Waals surface area (Å²) in [5.74, 6) is 1.74. The molecule has 1 N–H and O–H groups in total. The van der Waals surface area contributed by atoms with Gasteiger partial charge in [0, 0.05) is 24.7 Å². The number of allylic oxidation sites excluding steroid dienone is 2. The molecular formula is C19H26O3. The van der Waals surface area contributed by atoms with E-state index in [4.69, 9.17) is 0 Å². The van der Waals surface area contributed by atoms with E-state index in [9.17, 15) is 14.7 Å². The second-order valence-electron chi connectivity index (χ2n) is 8.54. The highest BCUT2D eigenvalue weighted by atomic mass is 16.3. The SMILES string of the molecule is C[C@]12CCC(=O)CC1=CC[C@@H]1[C@@H]2[C@H](O)C[C@]2(C)C(=O)CC[C@@H]12. The second kappa shape index (κ2) is 4.53. The van der Waals surface area contributed by atoms with Crippen molar-refractivity contribution in [2.75, 3.05) is 0 Å². The summed E-state index contributed by atoms with van der Waals surface area (Å²) >= 11 is 0. The maximum atomic E-state index is 12.4. The Hall–Kier alpha value is -0.960. The summed E-state index contributed by atoms with van der Waals surface area (Å²) in [6.07, 6.45) is 7.19. The van der Waals surface area contributed by atoms with Crippen molar-refractivity contribution in [3.8, 4) is 0 Å². The molecule has 0 unspecified atom stereocenters. The molecule has 0 aromatic carbocycles. The van der Waals surface area contributed by atoms with Gasteiger partial charge in [0.1, 0.15) is 11.6 Å². The Kier molecular flexibility index (Phi) is 3.01. The number of aliphatic hydroxyl groups excluding tert-OH is 1. The number of hydrogen-bond donors (Lipinski definition) is 1. The zero-order valence-electron chi connectivity index (χ0n) is 13.6. The molecule has 4 rings (SSSR count). The third-order valence-electron chi connectivity index (χ3n) is 7.58. The predicted molar refractivity (Wildman–Crippen MR) is 83.1 cm³/mol. The summed E-state index contributed by atoms with van der Waals surface area (Å²) in [6.45, 7) is 4.34. The van der Waals surface area contributed by atoms with Crippen molar-refractivity contribution in [2.24, 2.45) is 28.6 Å². The van der Waals surface area contributed by atoms with Crippen LogP contribution in [0.1, 0.15) is 58.8 Å². The first-order chi connectivity index (χ1) is 10.4. The lowest BCUT2D eigenvalue weighted by molar-refractivity contribution is -0.145. The molecule has 0 saturated heterocycles. The highest BCUT2D eigenvalue weighted by molar-refractivity contribution is 5.87. The van der Waals surface area contributed by atoms with Crippen LogP contribution in [-0.2, 0) is 9.59 Å². The maximum Gasteiger partial charge on any atom is 0.139 e. The van der Waals surface area contributed by atoms with Crippen molar-refractivity contribution in [3.63, 3.8) is 0 Å². The van der Waals surface area contributed by atoms with E-state index in [1.165, 1.54) is 5.57 Å². The fourth-order valence-corrected chi connectivity index (χ4v) is 6.38. The van der Waals surface area contributed by atoms with Crippen LogP contribution < -0.4 is 0 Å². The van der Waals surface area contributed by atoms with Crippen molar-refractivity contribution in [3.05, 3.63) is 11.6 Å². The van der Waals surface area contributed by atoms with Crippen LogP contribution in [0, 0.1) is 28.6 Å². The standard InChI is InChI=1S/C19H26O3/c1-18-8-7-12(20)9-11(18)3-4-13-14-5-6-16(22)19(14,2)10-15(21)17(13)18/h3,13-15,17,21H,4-10H2,1-2H3/t13-,14-,15+,17+,18-,19-/m0/s1. The van der Waals surface area contributed by atoms with E-state index in [0.29, 0.717) is 49.1 Å². The zero-order valence-corrected chi connectivity index (χ0v) is 13.6. The third-order valence-corrected chi connectivity index (χ3v) is 7.58. The van der Waals surface area contributed by atoms with Crippen LogP contribution in [0.2, 0.25) is 0 Å². The molecule has 3 saturated carbocycles. The molecule has 0 aliphatic heterocycles. The smallest absolute Gasteiger partial charge is 0.139 e. The molecule has 4 aliphatic rings. The van der Waals surface area contributed by atoms with Crippen molar-refractivity contribution >= 4 is 11.6 Å². The number of carbonyl (C=O) groups excluding carboxylic acids is 2. The second-order valence-corrected chi connectivity index (χ2v) is 8.54. The van der Waals surface area contributed by atoms with Crippen molar-refractivity contribution in [1.82, 2.24) is 0 Å². The molecule has 0 radical (unpaired) electrons. The van der Waals surface area contributed by atoms with Gasteiger partial charge in [-0.3, -0.25) is 9.59 Å². The summed E-state index contributed by atoms with van der Waals surface area (Å²) in [5.41, 5.74) is 0.910. The molecule has 120 valence electrons. The first-order valence-electron chi connectivity index (χ1n) is 8.79. The molecule has 3 heteroatoms. The number of carbonyl (C=O) groups is 2. The predicted octanol–water partition coefficient (Wildman–Crippen LogP) is 3.06. The van der Waals surface area contributed by atoms with E-state index in [1.54, 1.807) is 0 Å². The largest absolute Gasteiger partial charge is 0.393 e. The van der Waals surface area contributed by atoms with Crippen LogP contribution in [0.3, 0.4) is 0 Å². The molecule has 0 heterocycles. The Balaban J connectivity index is 1.76. The van der Waals surface area contributed by atoms with Gasteiger partial charge < -0.3 is 5.11 Å². The van der Waals surface area contributed by atoms with Crippen molar-refractivity contribution in [1.29, 1.82) is 0 Å². The molecule has 0 bridgehead atoms. The maximum absolute atomic E-state index is 12.4. The van der Waals surface area contributed by atoms with Crippen LogP contribution >= 0.6 is 0 Å². The first-order valence-corrected chi connectivity index (χ1v) is 8.79.